The Balaban J connectivity index is 2.65. The summed E-state index contributed by atoms with van der Waals surface area (Å²) in [5.41, 5.74) is -0.800. The van der Waals surface area contributed by atoms with Crippen molar-refractivity contribution in [2.75, 3.05) is 19.0 Å². The number of methoxy groups -OCH3 is 1. The van der Waals surface area contributed by atoms with Gasteiger partial charge in [-0.25, -0.2) is 14.8 Å². The maximum absolute atomic E-state index is 11.2. The average molecular weight is 253 g/mol. The number of nitrogens with zero attached hydrogens (tertiary/aromatic N) is 2. The van der Waals surface area contributed by atoms with Crippen molar-refractivity contribution in [1.29, 1.82) is 0 Å². The Labute approximate surface area is 106 Å². The van der Waals surface area contributed by atoms with Gasteiger partial charge in [0.15, 0.2) is 0 Å². The van der Waals surface area contributed by atoms with Gasteiger partial charge in [0.1, 0.15) is 5.82 Å². The van der Waals surface area contributed by atoms with Crippen LogP contribution in [0.5, 0.6) is 0 Å². The molecule has 1 unspecified atom stereocenters. The lowest BCUT2D eigenvalue weighted by Gasteiger charge is -2.23. The standard InChI is InChI=1S/C12H19N3O3/c1-4-6-12(2,17)8-14-9-5-7-13-10(15-9)11(16)18-3/h5,7,17H,4,6,8H2,1-3H3,(H,13,14,15). The summed E-state index contributed by atoms with van der Waals surface area (Å²) in [4.78, 5) is 19.0. The Morgan fingerprint density at radius 1 is 1.61 bits per heavy atom. The van der Waals surface area contributed by atoms with Gasteiger partial charge in [0.05, 0.1) is 12.7 Å². The number of nitrogens with one attached hydrogen (secondary N) is 1. The molecule has 0 aromatic carbocycles. The van der Waals surface area contributed by atoms with Crippen molar-refractivity contribution in [2.24, 2.45) is 0 Å². The summed E-state index contributed by atoms with van der Waals surface area (Å²) in [6, 6.07) is 1.63. The fourth-order valence-electron chi connectivity index (χ4n) is 1.55. The molecule has 100 valence electrons. The van der Waals surface area contributed by atoms with Gasteiger partial charge in [-0.3, -0.25) is 0 Å². The second-order valence-corrected chi connectivity index (χ2v) is 4.36. The maximum Gasteiger partial charge on any atom is 0.376 e. The number of hydrogen-bond donors (Lipinski definition) is 2. The van der Waals surface area contributed by atoms with E-state index < -0.39 is 11.6 Å². The topological polar surface area (TPSA) is 84.3 Å². The summed E-state index contributed by atoms with van der Waals surface area (Å²) in [6.45, 7) is 4.12. The molecule has 1 rings (SSSR count). The predicted molar refractivity (Wildman–Crippen MR) is 67.4 cm³/mol. The van der Waals surface area contributed by atoms with E-state index in [9.17, 15) is 9.90 Å². The number of aromatic nitrogens is 2. The molecule has 1 atom stereocenters. The minimum atomic E-state index is -0.800. The van der Waals surface area contributed by atoms with Crippen LogP contribution in [0.3, 0.4) is 0 Å². The summed E-state index contributed by atoms with van der Waals surface area (Å²) in [6.07, 6.45) is 3.05. The summed E-state index contributed by atoms with van der Waals surface area (Å²) < 4.78 is 4.53. The van der Waals surface area contributed by atoms with Gasteiger partial charge >= 0.3 is 5.97 Å². The van der Waals surface area contributed by atoms with E-state index in [-0.39, 0.29) is 5.82 Å². The molecule has 0 fully saturated rings. The third-order valence-electron chi connectivity index (χ3n) is 2.46. The lowest BCUT2D eigenvalue weighted by Crippen LogP contribution is -2.33. The van der Waals surface area contributed by atoms with Gasteiger partial charge in [0.2, 0.25) is 5.82 Å². The van der Waals surface area contributed by atoms with E-state index in [2.05, 4.69) is 20.0 Å². The molecular weight excluding hydrogens is 234 g/mol. The van der Waals surface area contributed by atoms with E-state index in [1.807, 2.05) is 6.92 Å². The number of carbonyl (C=O) groups excluding carboxylic acids is 1. The largest absolute Gasteiger partial charge is 0.463 e. The Bertz CT molecular complexity index is 407. The van der Waals surface area contributed by atoms with E-state index in [1.54, 1.807) is 13.0 Å². The monoisotopic (exact) mass is 253 g/mol. The zero-order valence-electron chi connectivity index (χ0n) is 10.9. The van der Waals surface area contributed by atoms with Crippen LogP contribution in [0.15, 0.2) is 12.3 Å². The Morgan fingerprint density at radius 2 is 2.33 bits per heavy atom. The fourth-order valence-corrected chi connectivity index (χ4v) is 1.55. The van der Waals surface area contributed by atoms with Crippen molar-refractivity contribution in [3.63, 3.8) is 0 Å². The predicted octanol–water partition coefficient (Wildman–Crippen LogP) is 1.23. The number of ether oxygens (including phenoxy) is 1. The van der Waals surface area contributed by atoms with Crippen molar-refractivity contribution < 1.29 is 14.6 Å². The molecule has 0 saturated carbocycles. The Morgan fingerprint density at radius 3 is 2.94 bits per heavy atom. The zero-order chi connectivity index (χ0) is 13.6. The van der Waals surface area contributed by atoms with Crippen LogP contribution >= 0.6 is 0 Å². The van der Waals surface area contributed by atoms with Gasteiger partial charge in [0.25, 0.3) is 0 Å². The molecule has 1 aromatic heterocycles. The molecule has 1 aromatic rings. The van der Waals surface area contributed by atoms with Crippen LogP contribution in [0.4, 0.5) is 5.82 Å². The molecular formula is C12H19N3O3. The number of carbonyl (C=O) groups is 1. The molecule has 18 heavy (non-hydrogen) atoms. The molecule has 1 heterocycles. The molecule has 0 aliphatic rings. The molecule has 0 spiro atoms. The molecule has 6 heteroatoms. The first kappa shape index (κ1) is 14.4. The van der Waals surface area contributed by atoms with Crippen LogP contribution in [-0.2, 0) is 4.74 Å². The first-order valence-electron chi connectivity index (χ1n) is 5.86. The molecule has 0 saturated heterocycles. The van der Waals surface area contributed by atoms with E-state index in [0.717, 1.165) is 6.42 Å². The van der Waals surface area contributed by atoms with Crippen molar-refractivity contribution in [2.45, 2.75) is 32.3 Å². The second-order valence-electron chi connectivity index (χ2n) is 4.36. The highest BCUT2D eigenvalue weighted by atomic mass is 16.5. The first-order chi connectivity index (χ1) is 8.48. The van der Waals surface area contributed by atoms with Crippen LogP contribution < -0.4 is 5.32 Å². The second kappa shape index (κ2) is 6.30. The fraction of sp³-hybridized carbons (Fsp3) is 0.583. The average Bonchev–Trinajstić information content (AvgIpc) is 2.36. The SMILES string of the molecule is CCCC(C)(O)CNc1ccnc(C(=O)OC)n1. The summed E-state index contributed by atoms with van der Waals surface area (Å²) in [7, 11) is 1.28. The normalized spacial score (nSPS) is 13.8. The van der Waals surface area contributed by atoms with Gasteiger partial charge in [-0.2, -0.15) is 0 Å². The molecule has 0 aliphatic heterocycles. The minimum absolute atomic E-state index is 0.00219. The smallest absolute Gasteiger partial charge is 0.376 e. The van der Waals surface area contributed by atoms with Crippen LogP contribution in [-0.4, -0.2) is 40.3 Å². The highest BCUT2D eigenvalue weighted by Gasteiger charge is 2.19. The Kier molecular flexibility index (Phi) is 5.03. The highest BCUT2D eigenvalue weighted by molar-refractivity contribution is 5.85. The van der Waals surface area contributed by atoms with Crippen molar-refractivity contribution in [1.82, 2.24) is 9.97 Å². The third kappa shape index (κ3) is 4.29. The van der Waals surface area contributed by atoms with Crippen molar-refractivity contribution in [3.8, 4) is 0 Å². The molecule has 0 bridgehead atoms. The van der Waals surface area contributed by atoms with Gasteiger partial charge < -0.3 is 15.2 Å². The van der Waals surface area contributed by atoms with E-state index in [4.69, 9.17) is 0 Å². The van der Waals surface area contributed by atoms with Crippen molar-refractivity contribution >= 4 is 11.8 Å². The number of rotatable bonds is 6. The Hall–Kier alpha value is -1.69. The quantitative estimate of drug-likeness (QED) is 0.742. The van der Waals surface area contributed by atoms with E-state index in [1.165, 1.54) is 13.3 Å². The van der Waals surface area contributed by atoms with Crippen molar-refractivity contribution in [3.05, 3.63) is 18.1 Å². The lowest BCUT2D eigenvalue weighted by atomic mass is 10.0. The molecule has 6 nitrogen and oxygen atoms in total. The zero-order valence-corrected chi connectivity index (χ0v) is 10.9. The molecule has 0 radical (unpaired) electrons. The van der Waals surface area contributed by atoms with Gasteiger partial charge in [0, 0.05) is 12.7 Å². The summed E-state index contributed by atoms with van der Waals surface area (Å²) in [5.74, 6) is -0.0987. The van der Waals surface area contributed by atoms with E-state index >= 15 is 0 Å². The molecule has 2 N–H and O–H groups in total. The lowest BCUT2D eigenvalue weighted by molar-refractivity contribution is 0.0587. The van der Waals surface area contributed by atoms with Crippen LogP contribution in [0.2, 0.25) is 0 Å². The number of hydrogen-bond acceptors (Lipinski definition) is 6. The minimum Gasteiger partial charge on any atom is -0.463 e. The number of esters is 1. The van der Waals surface area contributed by atoms with Crippen LogP contribution in [0.25, 0.3) is 0 Å². The van der Waals surface area contributed by atoms with Gasteiger partial charge in [-0.15, -0.1) is 0 Å². The number of aliphatic hydroxyl groups is 1. The summed E-state index contributed by atoms with van der Waals surface area (Å²) >= 11 is 0. The van der Waals surface area contributed by atoms with Crippen LogP contribution in [0.1, 0.15) is 37.3 Å². The third-order valence-corrected chi connectivity index (χ3v) is 2.46. The maximum atomic E-state index is 11.2. The molecule has 0 amide bonds. The summed E-state index contributed by atoms with van der Waals surface area (Å²) in [5, 5.41) is 13.0. The van der Waals surface area contributed by atoms with Gasteiger partial charge in [-0.05, 0) is 19.4 Å². The van der Waals surface area contributed by atoms with E-state index in [0.29, 0.717) is 18.8 Å². The van der Waals surface area contributed by atoms with Crippen LogP contribution in [0, 0.1) is 0 Å². The highest BCUT2D eigenvalue weighted by Crippen LogP contribution is 2.13. The molecule has 0 aliphatic carbocycles. The number of anilines is 1. The first-order valence-corrected chi connectivity index (χ1v) is 5.86. The van der Waals surface area contributed by atoms with Gasteiger partial charge in [-0.1, -0.05) is 13.3 Å².